The van der Waals surface area contributed by atoms with Gasteiger partial charge in [-0.1, -0.05) is 24.3 Å². The number of hydrogen-bond acceptors (Lipinski definition) is 4. The summed E-state index contributed by atoms with van der Waals surface area (Å²) in [6.07, 6.45) is 2.04. The van der Waals surface area contributed by atoms with Gasteiger partial charge in [0.2, 0.25) is 0 Å². The lowest BCUT2D eigenvalue weighted by Gasteiger charge is -2.09. The fourth-order valence-electron chi connectivity index (χ4n) is 2.13. The van der Waals surface area contributed by atoms with E-state index in [1.807, 2.05) is 54.8 Å². The average Bonchev–Trinajstić information content (AvgIpc) is 2.54. The zero-order valence-corrected chi connectivity index (χ0v) is 12.3. The molecule has 0 fully saturated rings. The zero-order chi connectivity index (χ0) is 14.7. The van der Waals surface area contributed by atoms with E-state index in [2.05, 4.69) is 22.4 Å². The number of benzene rings is 2. The van der Waals surface area contributed by atoms with Crippen molar-refractivity contribution in [3.63, 3.8) is 0 Å². The molecule has 1 N–H and O–H groups in total. The van der Waals surface area contributed by atoms with E-state index < -0.39 is 0 Å². The van der Waals surface area contributed by atoms with Crippen LogP contribution in [0.1, 0.15) is 5.56 Å². The van der Waals surface area contributed by atoms with Gasteiger partial charge in [0.25, 0.3) is 0 Å². The van der Waals surface area contributed by atoms with Gasteiger partial charge in [-0.2, -0.15) is 5.26 Å². The van der Waals surface area contributed by atoms with Crippen molar-refractivity contribution < 1.29 is 0 Å². The van der Waals surface area contributed by atoms with Gasteiger partial charge < -0.3 is 5.32 Å². The molecule has 0 bridgehead atoms. The lowest BCUT2D eigenvalue weighted by Crippen LogP contribution is -1.97. The molecule has 0 aliphatic rings. The minimum atomic E-state index is 0.545. The zero-order valence-electron chi connectivity index (χ0n) is 11.5. The summed E-state index contributed by atoms with van der Waals surface area (Å²) >= 11 is 1.68. The number of anilines is 2. The summed E-state index contributed by atoms with van der Waals surface area (Å²) in [6.45, 7) is 0. The summed E-state index contributed by atoms with van der Waals surface area (Å²) in [5.41, 5.74) is 2.35. The van der Waals surface area contributed by atoms with Gasteiger partial charge >= 0.3 is 0 Å². The van der Waals surface area contributed by atoms with Crippen LogP contribution < -0.4 is 5.32 Å². The van der Waals surface area contributed by atoms with E-state index in [1.54, 1.807) is 11.8 Å². The second-order valence-electron chi connectivity index (χ2n) is 4.55. The molecular weight excluding hydrogens is 278 g/mol. The Hall–Kier alpha value is -2.51. The summed E-state index contributed by atoms with van der Waals surface area (Å²) < 4.78 is 0. The predicted molar refractivity (Wildman–Crippen MR) is 88.0 cm³/mol. The normalized spacial score (nSPS) is 10.3. The number of para-hydroxylation sites is 1. The van der Waals surface area contributed by atoms with Crippen LogP contribution in [0.5, 0.6) is 0 Å². The molecule has 4 heteroatoms. The standard InChI is InChI=1S/C17H13N3S/c1-21-15-7-4-6-14(10-15)19-17-13(11-18)9-12-5-2-3-8-16(12)20-17/h2-10H,1H3,(H,19,20). The maximum Gasteiger partial charge on any atom is 0.149 e. The Labute approximate surface area is 127 Å². The van der Waals surface area contributed by atoms with Crippen molar-refractivity contribution in [2.24, 2.45) is 0 Å². The highest BCUT2D eigenvalue weighted by atomic mass is 32.2. The number of aromatic nitrogens is 1. The first-order valence-electron chi connectivity index (χ1n) is 6.51. The molecule has 0 radical (unpaired) electrons. The molecule has 2 aromatic carbocycles. The summed E-state index contributed by atoms with van der Waals surface area (Å²) in [4.78, 5) is 5.72. The number of fused-ring (bicyclic) bond motifs is 1. The molecule has 0 saturated heterocycles. The number of nitrogens with zero attached hydrogens (tertiary/aromatic N) is 2. The molecule has 102 valence electrons. The number of hydrogen-bond donors (Lipinski definition) is 1. The molecule has 0 aliphatic carbocycles. The molecule has 3 rings (SSSR count). The van der Waals surface area contributed by atoms with E-state index >= 15 is 0 Å². The second-order valence-corrected chi connectivity index (χ2v) is 5.43. The average molecular weight is 291 g/mol. The third-order valence-corrected chi connectivity index (χ3v) is 3.90. The van der Waals surface area contributed by atoms with Crippen LogP contribution in [0.3, 0.4) is 0 Å². The third-order valence-electron chi connectivity index (χ3n) is 3.18. The number of thioether (sulfide) groups is 1. The highest BCUT2D eigenvalue weighted by Gasteiger charge is 2.07. The molecule has 1 heterocycles. The van der Waals surface area contributed by atoms with Gasteiger partial charge in [0.05, 0.1) is 11.1 Å². The molecule has 1 aromatic heterocycles. The van der Waals surface area contributed by atoms with Gasteiger partial charge in [0.1, 0.15) is 11.9 Å². The Morgan fingerprint density at radius 2 is 1.95 bits per heavy atom. The van der Waals surface area contributed by atoms with Crippen LogP contribution in [-0.2, 0) is 0 Å². The molecule has 0 saturated carbocycles. The monoisotopic (exact) mass is 291 g/mol. The van der Waals surface area contributed by atoms with Crippen LogP contribution in [0.2, 0.25) is 0 Å². The number of pyridine rings is 1. The SMILES string of the molecule is CSc1cccc(Nc2nc3ccccc3cc2C#N)c1. The van der Waals surface area contributed by atoms with E-state index in [0.29, 0.717) is 11.4 Å². The van der Waals surface area contributed by atoms with Crippen LogP contribution in [0.15, 0.2) is 59.5 Å². The Morgan fingerprint density at radius 3 is 2.76 bits per heavy atom. The van der Waals surface area contributed by atoms with Gasteiger partial charge in [0, 0.05) is 16.0 Å². The van der Waals surface area contributed by atoms with Crippen molar-refractivity contribution >= 4 is 34.2 Å². The molecule has 3 aromatic rings. The summed E-state index contributed by atoms with van der Waals surface area (Å²) in [5.74, 6) is 0.592. The lowest BCUT2D eigenvalue weighted by atomic mass is 10.1. The van der Waals surface area contributed by atoms with Gasteiger partial charge in [-0.05, 0) is 36.6 Å². The quantitative estimate of drug-likeness (QED) is 0.718. The Balaban J connectivity index is 2.04. The molecule has 0 aliphatic heterocycles. The van der Waals surface area contributed by atoms with Crippen LogP contribution in [0.4, 0.5) is 11.5 Å². The highest BCUT2D eigenvalue weighted by molar-refractivity contribution is 7.98. The molecule has 21 heavy (non-hydrogen) atoms. The topological polar surface area (TPSA) is 48.7 Å². The molecule has 0 unspecified atom stereocenters. The van der Waals surface area contributed by atoms with E-state index in [-0.39, 0.29) is 0 Å². The van der Waals surface area contributed by atoms with Gasteiger partial charge in [-0.15, -0.1) is 11.8 Å². The Kier molecular flexibility index (Phi) is 3.76. The summed E-state index contributed by atoms with van der Waals surface area (Å²) in [5, 5.41) is 13.5. The maximum absolute atomic E-state index is 9.32. The maximum atomic E-state index is 9.32. The lowest BCUT2D eigenvalue weighted by molar-refractivity contribution is 1.33. The van der Waals surface area contributed by atoms with Crippen molar-refractivity contribution in [2.75, 3.05) is 11.6 Å². The first-order chi connectivity index (χ1) is 10.3. The van der Waals surface area contributed by atoms with Gasteiger partial charge in [-0.25, -0.2) is 4.98 Å². The number of nitrogens with one attached hydrogen (secondary N) is 1. The molecular formula is C17H13N3S. The van der Waals surface area contributed by atoms with Crippen LogP contribution in [-0.4, -0.2) is 11.2 Å². The molecule has 0 amide bonds. The van der Waals surface area contributed by atoms with Crippen LogP contribution in [0.25, 0.3) is 10.9 Å². The Morgan fingerprint density at radius 1 is 1.10 bits per heavy atom. The first kappa shape index (κ1) is 13.5. The molecule has 3 nitrogen and oxygen atoms in total. The largest absolute Gasteiger partial charge is 0.339 e. The Bertz CT molecular complexity index is 837. The second kappa shape index (κ2) is 5.86. The fourth-order valence-corrected chi connectivity index (χ4v) is 2.59. The van der Waals surface area contributed by atoms with Crippen molar-refractivity contribution in [2.45, 2.75) is 4.90 Å². The van der Waals surface area contributed by atoms with Crippen molar-refractivity contribution in [3.8, 4) is 6.07 Å². The summed E-state index contributed by atoms with van der Waals surface area (Å²) in [6, 6.07) is 19.9. The third kappa shape index (κ3) is 2.83. The van der Waals surface area contributed by atoms with E-state index in [1.165, 1.54) is 4.90 Å². The van der Waals surface area contributed by atoms with E-state index in [9.17, 15) is 5.26 Å². The van der Waals surface area contributed by atoms with Crippen molar-refractivity contribution in [3.05, 3.63) is 60.2 Å². The molecule has 0 spiro atoms. The highest BCUT2D eigenvalue weighted by Crippen LogP contribution is 2.25. The van der Waals surface area contributed by atoms with Gasteiger partial charge in [-0.3, -0.25) is 0 Å². The molecule has 0 atom stereocenters. The number of nitriles is 1. The van der Waals surface area contributed by atoms with Crippen molar-refractivity contribution in [1.82, 2.24) is 4.98 Å². The predicted octanol–water partition coefficient (Wildman–Crippen LogP) is 4.57. The van der Waals surface area contributed by atoms with E-state index in [4.69, 9.17) is 0 Å². The van der Waals surface area contributed by atoms with Crippen molar-refractivity contribution in [1.29, 1.82) is 5.26 Å². The summed E-state index contributed by atoms with van der Waals surface area (Å²) in [7, 11) is 0. The van der Waals surface area contributed by atoms with Crippen LogP contribution >= 0.6 is 11.8 Å². The van der Waals surface area contributed by atoms with Crippen LogP contribution in [0, 0.1) is 11.3 Å². The smallest absolute Gasteiger partial charge is 0.149 e. The van der Waals surface area contributed by atoms with E-state index in [0.717, 1.165) is 16.6 Å². The minimum absolute atomic E-state index is 0.545. The minimum Gasteiger partial charge on any atom is -0.339 e. The first-order valence-corrected chi connectivity index (χ1v) is 7.73. The number of rotatable bonds is 3. The van der Waals surface area contributed by atoms with Gasteiger partial charge in [0.15, 0.2) is 0 Å². The fraction of sp³-hybridized carbons (Fsp3) is 0.0588.